The molecule has 0 radical (unpaired) electrons. The topological polar surface area (TPSA) is 110 Å². The van der Waals surface area contributed by atoms with E-state index in [1.165, 1.54) is 0 Å². The predicted molar refractivity (Wildman–Crippen MR) is 41.0 cm³/mol. The van der Waals surface area contributed by atoms with E-state index in [9.17, 15) is 9.59 Å². The summed E-state index contributed by atoms with van der Waals surface area (Å²) in [7, 11) is 0. The van der Waals surface area contributed by atoms with Crippen LogP contribution in [0.25, 0.3) is 0 Å². The molecule has 0 saturated carbocycles. The standard InChI is InChI=1S/C6H13N3O3/c1-2-9(12)4(6(8)11)3-5(7)10/h4,12H,2-3H2,1H3,(H2,7,10)(H2,8,11)/t4-/m0/s1. The minimum atomic E-state index is -1.02. The van der Waals surface area contributed by atoms with Crippen molar-refractivity contribution in [3.8, 4) is 0 Å². The molecular formula is C6H13N3O3. The van der Waals surface area contributed by atoms with Gasteiger partial charge in [-0.15, -0.1) is 0 Å². The van der Waals surface area contributed by atoms with Crippen molar-refractivity contribution in [1.82, 2.24) is 5.06 Å². The van der Waals surface area contributed by atoms with Crippen molar-refractivity contribution >= 4 is 11.8 Å². The van der Waals surface area contributed by atoms with Crippen LogP contribution in [0, 0.1) is 0 Å². The molecule has 0 aromatic rings. The summed E-state index contributed by atoms with van der Waals surface area (Å²) in [6.45, 7) is 1.83. The largest absolute Gasteiger partial charge is 0.370 e. The minimum absolute atomic E-state index is 0.209. The Morgan fingerprint density at radius 1 is 1.50 bits per heavy atom. The maximum Gasteiger partial charge on any atom is 0.237 e. The number of amides is 2. The number of nitrogens with zero attached hydrogens (tertiary/aromatic N) is 1. The van der Waals surface area contributed by atoms with E-state index >= 15 is 0 Å². The lowest BCUT2D eigenvalue weighted by atomic mass is 10.2. The first-order valence-electron chi connectivity index (χ1n) is 3.52. The van der Waals surface area contributed by atoms with Crippen molar-refractivity contribution in [2.75, 3.05) is 6.54 Å². The molecule has 0 aliphatic rings. The normalized spacial score (nSPS) is 12.9. The van der Waals surface area contributed by atoms with Gasteiger partial charge in [0.2, 0.25) is 11.8 Å². The number of rotatable bonds is 5. The monoisotopic (exact) mass is 175 g/mol. The van der Waals surface area contributed by atoms with Crippen LogP contribution in [0.2, 0.25) is 0 Å². The van der Waals surface area contributed by atoms with Crippen molar-refractivity contribution < 1.29 is 14.8 Å². The number of likely N-dealkylation sites (N-methyl/N-ethyl adjacent to an activating group) is 1. The van der Waals surface area contributed by atoms with Crippen molar-refractivity contribution in [2.24, 2.45) is 11.5 Å². The molecule has 0 spiro atoms. The zero-order valence-electron chi connectivity index (χ0n) is 6.86. The molecule has 0 aliphatic heterocycles. The fraction of sp³-hybridized carbons (Fsp3) is 0.667. The summed E-state index contributed by atoms with van der Waals surface area (Å²) < 4.78 is 0. The molecule has 0 unspecified atom stereocenters. The molecule has 5 N–H and O–H groups in total. The molecule has 6 heteroatoms. The fourth-order valence-electron chi connectivity index (χ4n) is 0.764. The van der Waals surface area contributed by atoms with Gasteiger partial charge in [-0.2, -0.15) is 5.06 Å². The first-order chi connectivity index (χ1) is 5.49. The Balaban J connectivity index is 4.22. The molecule has 0 fully saturated rings. The van der Waals surface area contributed by atoms with Gasteiger partial charge in [0.1, 0.15) is 6.04 Å². The third-order valence-corrected chi connectivity index (χ3v) is 1.41. The third-order valence-electron chi connectivity index (χ3n) is 1.41. The van der Waals surface area contributed by atoms with Crippen LogP contribution in [0.4, 0.5) is 0 Å². The molecule has 0 bridgehead atoms. The summed E-state index contributed by atoms with van der Waals surface area (Å²) in [5, 5.41) is 9.75. The maximum atomic E-state index is 10.6. The van der Waals surface area contributed by atoms with E-state index < -0.39 is 17.9 Å². The molecule has 0 aliphatic carbocycles. The third kappa shape index (κ3) is 3.31. The van der Waals surface area contributed by atoms with Gasteiger partial charge in [-0.05, 0) is 0 Å². The molecular weight excluding hydrogens is 162 g/mol. The van der Waals surface area contributed by atoms with Crippen molar-refractivity contribution in [3.05, 3.63) is 0 Å². The second kappa shape index (κ2) is 4.68. The van der Waals surface area contributed by atoms with E-state index in [0.717, 1.165) is 0 Å². The molecule has 0 heterocycles. The SMILES string of the molecule is CCN(O)[C@@H](CC(N)=O)C(N)=O. The van der Waals surface area contributed by atoms with E-state index in [2.05, 4.69) is 0 Å². The highest BCUT2D eigenvalue weighted by atomic mass is 16.5. The van der Waals surface area contributed by atoms with Gasteiger partial charge in [-0.3, -0.25) is 9.59 Å². The molecule has 0 aromatic carbocycles. The summed E-state index contributed by atoms with van der Waals surface area (Å²) in [4.78, 5) is 21.1. The van der Waals surface area contributed by atoms with Crippen LogP contribution in [-0.4, -0.2) is 34.7 Å². The van der Waals surface area contributed by atoms with Crippen molar-refractivity contribution in [1.29, 1.82) is 0 Å². The van der Waals surface area contributed by atoms with Crippen LogP contribution in [-0.2, 0) is 9.59 Å². The summed E-state index contributed by atoms with van der Waals surface area (Å²) in [5.74, 6) is -1.44. The van der Waals surface area contributed by atoms with Crippen LogP contribution in [0.15, 0.2) is 0 Å². The van der Waals surface area contributed by atoms with Gasteiger partial charge in [0, 0.05) is 6.54 Å². The molecule has 12 heavy (non-hydrogen) atoms. The zero-order chi connectivity index (χ0) is 9.72. The van der Waals surface area contributed by atoms with Gasteiger partial charge in [0.25, 0.3) is 0 Å². The average Bonchev–Trinajstić information content (AvgIpc) is 1.98. The van der Waals surface area contributed by atoms with Crippen LogP contribution in [0.1, 0.15) is 13.3 Å². The van der Waals surface area contributed by atoms with E-state index in [-0.39, 0.29) is 13.0 Å². The average molecular weight is 175 g/mol. The number of primary amides is 2. The molecule has 0 rings (SSSR count). The Morgan fingerprint density at radius 2 is 2.00 bits per heavy atom. The van der Waals surface area contributed by atoms with Crippen LogP contribution in [0.5, 0.6) is 0 Å². The summed E-state index contributed by atoms with van der Waals surface area (Å²) in [5.41, 5.74) is 9.75. The first kappa shape index (κ1) is 10.9. The first-order valence-corrected chi connectivity index (χ1v) is 3.52. The highest BCUT2D eigenvalue weighted by molar-refractivity contribution is 5.86. The van der Waals surface area contributed by atoms with Gasteiger partial charge in [-0.25, -0.2) is 0 Å². The van der Waals surface area contributed by atoms with E-state index in [4.69, 9.17) is 16.7 Å². The number of hydrogen-bond acceptors (Lipinski definition) is 4. The molecule has 70 valence electrons. The predicted octanol–water partition coefficient (Wildman–Crippen LogP) is -1.57. The van der Waals surface area contributed by atoms with Gasteiger partial charge >= 0.3 is 0 Å². The number of carbonyl (C=O) groups excluding carboxylic acids is 2. The van der Waals surface area contributed by atoms with Crippen molar-refractivity contribution in [2.45, 2.75) is 19.4 Å². The zero-order valence-corrected chi connectivity index (χ0v) is 6.86. The van der Waals surface area contributed by atoms with Gasteiger partial charge < -0.3 is 16.7 Å². The maximum absolute atomic E-state index is 10.6. The Labute approximate surface area is 70.1 Å². The Bertz CT molecular complexity index is 183. The quantitative estimate of drug-likeness (QED) is 0.438. The number of hydroxylamine groups is 2. The van der Waals surface area contributed by atoms with E-state index in [1.54, 1.807) is 6.92 Å². The highest BCUT2D eigenvalue weighted by Gasteiger charge is 2.23. The Morgan fingerprint density at radius 3 is 2.25 bits per heavy atom. The van der Waals surface area contributed by atoms with Gasteiger partial charge in [-0.1, -0.05) is 6.92 Å². The van der Waals surface area contributed by atoms with Crippen molar-refractivity contribution in [3.63, 3.8) is 0 Å². The second-order valence-electron chi connectivity index (χ2n) is 2.34. The number of carbonyl (C=O) groups is 2. The number of nitrogens with two attached hydrogens (primary N) is 2. The molecule has 1 atom stereocenters. The summed E-state index contributed by atoms with van der Waals surface area (Å²) in [6, 6.07) is -1.02. The summed E-state index contributed by atoms with van der Waals surface area (Å²) >= 11 is 0. The lowest BCUT2D eigenvalue weighted by molar-refractivity contribution is -0.155. The van der Waals surface area contributed by atoms with Gasteiger partial charge in [0.05, 0.1) is 6.42 Å². The van der Waals surface area contributed by atoms with Crippen LogP contribution < -0.4 is 11.5 Å². The Kier molecular flexibility index (Phi) is 4.24. The lowest BCUT2D eigenvalue weighted by Gasteiger charge is -2.20. The lowest BCUT2D eigenvalue weighted by Crippen LogP contribution is -2.45. The number of hydrogen-bond donors (Lipinski definition) is 3. The minimum Gasteiger partial charge on any atom is -0.370 e. The second-order valence-corrected chi connectivity index (χ2v) is 2.34. The summed E-state index contributed by atoms with van der Waals surface area (Å²) in [6.07, 6.45) is -0.264. The van der Waals surface area contributed by atoms with E-state index in [0.29, 0.717) is 5.06 Å². The van der Waals surface area contributed by atoms with Gasteiger partial charge in [0.15, 0.2) is 0 Å². The smallest absolute Gasteiger partial charge is 0.237 e. The molecule has 6 nitrogen and oxygen atoms in total. The highest BCUT2D eigenvalue weighted by Crippen LogP contribution is 1.99. The molecule has 0 aromatic heterocycles. The molecule has 2 amide bonds. The van der Waals surface area contributed by atoms with E-state index in [1.807, 2.05) is 0 Å². The fourth-order valence-corrected chi connectivity index (χ4v) is 0.764. The molecule has 0 saturated heterocycles. The Hall–Kier alpha value is -1.14. The van der Waals surface area contributed by atoms with Crippen LogP contribution in [0.3, 0.4) is 0 Å². The van der Waals surface area contributed by atoms with Crippen LogP contribution >= 0.6 is 0 Å².